The third-order valence-electron chi connectivity index (χ3n) is 3.68. The Morgan fingerprint density at radius 2 is 2.05 bits per heavy atom. The number of ether oxygens (including phenoxy) is 3. The molecule has 1 aromatic rings. The maximum absolute atomic E-state index is 5.85. The Hall–Kier alpha value is -1.42. The second-order valence-electron chi connectivity index (χ2n) is 5.18. The van der Waals surface area contributed by atoms with E-state index in [9.17, 15) is 0 Å². The van der Waals surface area contributed by atoms with Crippen molar-refractivity contribution in [2.75, 3.05) is 33.9 Å². The van der Waals surface area contributed by atoms with Gasteiger partial charge in [0.15, 0.2) is 11.5 Å². The van der Waals surface area contributed by atoms with Gasteiger partial charge in [-0.15, -0.1) is 0 Å². The predicted molar refractivity (Wildman–Crippen MR) is 79.7 cm³/mol. The van der Waals surface area contributed by atoms with Gasteiger partial charge in [-0.25, -0.2) is 0 Å². The fraction of sp³-hybridized carbons (Fsp3) is 0.562. The molecule has 2 rings (SSSR count). The molecule has 1 aromatic carbocycles. The molecular weight excluding hydrogens is 254 g/mol. The van der Waals surface area contributed by atoms with Crippen LogP contribution >= 0.6 is 0 Å². The number of benzene rings is 1. The van der Waals surface area contributed by atoms with Crippen LogP contribution in [0, 0.1) is 12.8 Å². The Labute approximate surface area is 121 Å². The number of hydrogen-bond donors (Lipinski definition) is 1. The summed E-state index contributed by atoms with van der Waals surface area (Å²) in [6, 6.07) is 3.73. The van der Waals surface area contributed by atoms with E-state index in [1.54, 1.807) is 14.2 Å². The number of methoxy groups -OCH3 is 2. The van der Waals surface area contributed by atoms with Crippen LogP contribution in [0.15, 0.2) is 12.1 Å². The number of rotatable bonds is 7. The minimum Gasteiger partial charge on any atom is -0.493 e. The van der Waals surface area contributed by atoms with Crippen molar-refractivity contribution in [3.63, 3.8) is 0 Å². The van der Waals surface area contributed by atoms with Gasteiger partial charge in [0.25, 0.3) is 0 Å². The highest BCUT2D eigenvalue weighted by atomic mass is 16.5. The molecule has 0 amide bonds. The molecule has 4 heteroatoms. The van der Waals surface area contributed by atoms with Crippen molar-refractivity contribution >= 4 is 0 Å². The Bertz CT molecular complexity index is 428. The van der Waals surface area contributed by atoms with Crippen molar-refractivity contribution in [3.8, 4) is 17.2 Å². The van der Waals surface area contributed by atoms with E-state index in [1.165, 1.54) is 12.8 Å². The summed E-state index contributed by atoms with van der Waals surface area (Å²) < 4.78 is 16.5. The van der Waals surface area contributed by atoms with E-state index in [-0.39, 0.29) is 0 Å². The first kappa shape index (κ1) is 15.0. The zero-order valence-electron chi connectivity index (χ0n) is 12.4. The molecule has 1 N–H and O–H groups in total. The second kappa shape index (κ2) is 7.39. The molecule has 0 bridgehead atoms. The largest absolute Gasteiger partial charge is 0.493 e. The van der Waals surface area contributed by atoms with Crippen LogP contribution < -0.4 is 19.5 Å². The lowest BCUT2D eigenvalue weighted by Crippen LogP contribution is -2.10. The molecule has 111 valence electrons. The van der Waals surface area contributed by atoms with Gasteiger partial charge >= 0.3 is 0 Å². The molecule has 0 saturated carbocycles. The summed E-state index contributed by atoms with van der Waals surface area (Å²) in [7, 11) is 3.24. The van der Waals surface area contributed by atoms with E-state index in [0.29, 0.717) is 23.9 Å². The van der Waals surface area contributed by atoms with E-state index in [0.717, 1.165) is 31.0 Å². The predicted octanol–water partition coefficient (Wildman–Crippen LogP) is 2.65. The van der Waals surface area contributed by atoms with Gasteiger partial charge in [-0.3, -0.25) is 0 Å². The molecule has 1 radical (unpaired) electrons. The smallest absolute Gasteiger partial charge is 0.203 e. The molecule has 0 spiro atoms. The van der Waals surface area contributed by atoms with Crippen molar-refractivity contribution in [2.24, 2.45) is 5.92 Å². The van der Waals surface area contributed by atoms with Crippen molar-refractivity contribution < 1.29 is 14.2 Å². The summed E-state index contributed by atoms with van der Waals surface area (Å²) in [5.41, 5.74) is 0.859. The van der Waals surface area contributed by atoms with Gasteiger partial charge in [0.05, 0.1) is 20.8 Å². The lowest BCUT2D eigenvalue weighted by Gasteiger charge is -2.15. The summed E-state index contributed by atoms with van der Waals surface area (Å²) in [6.07, 6.45) is 3.54. The monoisotopic (exact) mass is 278 g/mol. The van der Waals surface area contributed by atoms with Gasteiger partial charge in [-0.2, -0.15) is 0 Å². The maximum atomic E-state index is 5.85. The lowest BCUT2D eigenvalue weighted by atomic mass is 10.0. The highest BCUT2D eigenvalue weighted by Gasteiger charge is 2.15. The Morgan fingerprint density at radius 1 is 1.25 bits per heavy atom. The average Bonchev–Trinajstić information content (AvgIpc) is 2.96. The van der Waals surface area contributed by atoms with Crippen LogP contribution in [-0.2, 0) is 0 Å². The zero-order chi connectivity index (χ0) is 14.4. The molecule has 0 aliphatic carbocycles. The average molecular weight is 278 g/mol. The minimum absolute atomic E-state index is 0.641. The van der Waals surface area contributed by atoms with E-state index in [4.69, 9.17) is 14.2 Å². The first-order valence-electron chi connectivity index (χ1n) is 7.16. The highest BCUT2D eigenvalue weighted by Crippen LogP contribution is 2.38. The van der Waals surface area contributed by atoms with E-state index < -0.39 is 0 Å². The quantitative estimate of drug-likeness (QED) is 0.778. The lowest BCUT2D eigenvalue weighted by molar-refractivity contribution is 0.270. The highest BCUT2D eigenvalue weighted by molar-refractivity contribution is 5.54. The van der Waals surface area contributed by atoms with Crippen LogP contribution in [0.25, 0.3) is 0 Å². The van der Waals surface area contributed by atoms with Crippen molar-refractivity contribution in [2.45, 2.75) is 19.3 Å². The van der Waals surface area contributed by atoms with E-state index in [1.807, 2.05) is 12.1 Å². The van der Waals surface area contributed by atoms with Gasteiger partial charge in [0.1, 0.15) is 0 Å². The molecular formula is C16H24NO3. The van der Waals surface area contributed by atoms with Crippen LogP contribution in [-0.4, -0.2) is 33.9 Å². The molecule has 1 unspecified atom stereocenters. The van der Waals surface area contributed by atoms with E-state index in [2.05, 4.69) is 12.2 Å². The first-order valence-corrected chi connectivity index (χ1v) is 7.16. The van der Waals surface area contributed by atoms with Crippen LogP contribution in [0.5, 0.6) is 17.2 Å². The molecule has 1 fully saturated rings. The van der Waals surface area contributed by atoms with Gasteiger partial charge in [-0.05, 0) is 62.9 Å². The SMILES string of the molecule is [CH2]c1cc(OC)c(OC)c(OCCCC2CCNC2)c1. The fourth-order valence-electron chi connectivity index (χ4n) is 2.61. The first-order chi connectivity index (χ1) is 9.74. The zero-order valence-corrected chi connectivity index (χ0v) is 12.4. The third kappa shape index (κ3) is 3.79. The van der Waals surface area contributed by atoms with Crippen molar-refractivity contribution in [1.82, 2.24) is 5.32 Å². The Morgan fingerprint density at radius 3 is 2.70 bits per heavy atom. The van der Waals surface area contributed by atoms with Gasteiger partial charge < -0.3 is 19.5 Å². The molecule has 1 saturated heterocycles. The van der Waals surface area contributed by atoms with Gasteiger partial charge in [-0.1, -0.05) is 0 Å². The summed E-state index contributed by atoms with van der Waals surface area (Å²) in [6.45, 7) is 6.92. The van der Waals surface area contributed by atoms with Gasteiger partial charge in [0, 0.05) is 0 Å². The van der Waals surface area contributed by atoms with Crippen LogP contribution in [0.2, 0.25) is 0 Å². The van der Waals surface area contributed by atoms with Crippen LogP contribution in [0.1, 0.15) is 24.8 Å². The Balaban J connectivity index is 1.89. The normalized spacial score (nSPS) is 18.1. The van der Waals surface area contributed by atoms with Crippen molar-refractivity contribution in [3.05, 3.63) is 24.6 Å². The maximum Gasteiger partial charge on any atom is 0.203 e. The summed E-state index contributed by atoms with van der Waals surface area (Å²) in [5.74, 6) is 2.81. The summed E-state index contributed by atoms with van der Waals surface area (Å²) in [4.78, 5) is 0. The third-order valence-corrected chi connectivity index (χ3v) is 3.68. The molecule has 1 heterocycles. The summed E-state index contributed by atoms with van der Waals surface area (Å²) in [5, 5.41) is 3.39. The van der Waals surface area contributed by atoms with Crippen molar-refractivity contribution in [1.29, 1.82) is 0 Å². The molecule has 1 atom stereocenters. The fourth-order valence-corrected chi connectivity index (χ4v) is 2.61. The summed E-state index contributed by atoms with van der Waals surface area (Å²) >= 11 is 0. The molecule has 20 heavy (non-hydrogen) atoms. The second-order valence-corrected chi connectivity index (χ2v) is 5.18. The number of hydrogen-bond acceptors (Lipinski definition) is 4. The van der Waals surface area contributed by atoms with Gasteiger partial charge in [0.2, 0.25) is 5.75 Å². The molecule has 0 aromatic heterocycles. The van der Waals surface area contributed by atoms with Crippen LogP contribution in [0.4, 0.5) is 0 Å². The molecule has 1 aliphatic heterocycles. The topological polar surface area (TPSA) is 39.7 Å². The molecule has 1 aliphatic rings. The minimum atomic E-state index is 0.641. The molecule has 4 nitrogen and oxygen atoms in total. The van der Waals surface area contributed by atoms with Crippen LogP contribution in [0.3, 0.4) is 0 Å². The Kier molecular flexibility index (Phi) is 5.53. The standard InChI is InChI=1S/C16H24NO3/c1-12-9-14(18-2)16(19-3)15(10-12)20-8-4-5-13-6-7-17-11-13/h9-10,13,17H,1,4-8,11H2,2-3H3. The number of nitrogens with one attached hydrogen (secondary N) is 1. The van der Waals surface area contributed by atoms with E-state index >= 15 is 0 Å².